The van der Waals surface area contributed by atoms with Gasteiger partial charge in [-0.1, -0.05) is 32.0 Å². The van der Waals surface area contributed by atoms with Crippen molar-refractivity contribution >= 4 is 5.91 Å². The van der Waals surface area contributed by atoms with Gasteiger partial charge in [0.05, 0.1) is 6.04 Å². The average Bonchev–Trinajstić information content (AvgIpc) is 2.44. The molecule has 1 atom stereocenters. The van der Waals surface area contributed by atoms with Crippen LogP contribution >= 0.6 is 0 Å². The number of fused-ring (bicyclic) bond motifs is 1. The van der Waals surface area contributed by atoms with Gasteiger partial charge in [0.15, 0.2) is 0 Å². The molecule has 2 heteroatoms. The highest BCUT2D eigenvalue weighted by Crippen LogP contribution is 2.26. The van der Waals surface area contributed by atoms with Crippen molar-refractivity contribution in [2.45, 2.75) is 58.4 Å². The zero-order valence-corrected chi connectivity index (χ0v) is 11.5. The third-order valence-corrected chi connectivity index (χ3v) is 3.84. The van der Waals surface area contributed by atoms with E-state index in [9.17, 15) is 4.79 Å². The van der Waals surface area contributed by atoms with Gasteiger partial charge < -0.3 is 5.32 Å². The maximum atomic E-state index is 11.5. The van der Waals surface area contributed by atoms with Crippen LogP contribution in [0.1, 0.15) is 62.3 Å². The van der Waals surface area contributed by atoms with Crippen LogP contribution < -0.4 is 5.32 Å². The van der Waals surface area contributed by atoms with Gasteiger partial charge in [-0.15, -0.1) is 0 Å². The van der Waals surface area contributed by atoms with Crippen LogP contribution in [-0.4, -0.2) is 5.91 Å². The summed E-state index contributed by atoms with van der Waals surface area (Å²) in [7, 11) is 0. The van der Waals surface area contributed by atoms with E-state index in [0.717, 1.165) is 6.42 Å². The van der Waals surface area contributed by atoms with Crippen LogP contribution in [0, 0.1) is 0 Å². The van der Waals surface area contributed by atoms with E-state index in [2.05, 4.69) is 30.4 Å². The maximum absolute atomic E-state index is 11.5. The minimum Gasteiger partial charge on any atom is -0.349 e. The molecular formula is C16H23NO. The van der Waals surface area contributed by atoms with Crippen LogP contribution in [0.5, 0.6) is 0 Å². The topological polar surface area (TPSA) is 29.1 Å². The molecule has 18 heavy (non-hydrogen) atoms. The van der Waals surface area contributed by atoms with E-state index in [4.69, 9.17) is 0 Å². The third-order valence-electron chi connectivity index (χ3n) is 3.84. The predicted molar refractivity (Wildman–Crippen MR) is 74.5 cm³/mol. The summed E-state index contributed by atoms with van der Waals surface area (Å²) in [5.41, 5.74) is 4.25. The van der Waals surface area contributed by atoms with Gasteiger partial charge in [-0.05, 0) is 48.8 Å². The summed E-state index contributed by atoms with van der Waals surface area (Å²) in [6, 6.07) is 6.92. The zero-order chi connectivity index (χ0) is 13.0. The standard InChI is InChI=1S/C16H23NO/c1-3-15(17-16(18)4-2)14-10-9-12-7-5-6-8-13(12)11-14/h9-11,15H,3-8H2,1-2H3,(H,17,18). The Balaban J connectivity index is 2.18. The molecule has 2 nitrogen and oxygen atoms in total. The van der Waals surface area contributed by atoms with Gasteiger partial charge in [-0.2, -0.15) is 0 Å². The van der Waals surface area contributed by atoms with Crippen LogP contribution in [0.25, 0.3) is 0 Å². The fraction of sp³-hybridized carbons (Fsp3) is 0.562. The van der Waals surface area contributed by atoms with Crippen LogP contribution in [0.2, 0.25) is 0 Å². The number of amides is 1. The molecule has 1 aliphatic carbocycles. The molecule has 1 aromatic carbocycles. The van der Waals surface area contributed by atoms with Crippen molar-refractivity contribution in [3.05, 3.63) is 34.9 Å². The molecule has 0 bridgehead atoms. The quantitative estimate of drug-likeness (QED) is 0.863. The number of aryl methyl sites for hydroxylation is 2. The van der Waals surface area contributed by atoms with Gasteiger partial charge >= 0.3 is 0 Å². The van der Waals surface area contributed by atoms with Crippen molar-refractivity contribution in [3.63, 3.8) is 0 Å². The Kier molecular flexibility index (Phi) is 4.40. The number of nitrogens with one attached hydrogen (secondary N) is 1. The van der Waals surface area contributed by atoms with Crippen LogP contribution in [0.3, 0.4) is 0 Å². The number of hydrogen-bond donors (Lipinski definition) is 1. The Bertz CT molecular complexity index is 425. The highest BCUT2D eigenvalue weighted by atomic mass is 16.1. The van der Waals surface area contributed by atoms with E-state index in [1.54, 1.807) is 0 Å². The smallest absolute Gasteiger partial charge is 0.220 e. The molecule has 1 unspecified atom stereocenters. The van der Waals surface area contributed by atoms with Gasteiger partial charge in [0.2, 0.25) is 5.91 Å². The first kappa shape index (κ1) is 13.1. The lowest BCUT2D eigenvalue weighted by atomic mass is 9.89. The lowest BCUT2D eigenvalue weighted by Gasteiger charge is -2.21. The van der Waals surface area contributed by atoms with Crippen LogP contribution in [-0.2, 0) is 17.6 Å². The van der Waals surface area contributed by atoms with E-state index in [1.165, 1.54) is 42.4 Å². The lowest BCUT2D eigenvalue weighted by molar-refractivity contribution is -0.121. The van der Waals surface area contributed by atoms with Gasteiger partial charge in [0.25, 0.3) is 0 Å². The summed E-state index contributed by atoms with van der Waals surface area (Å²) in [5.74, 6) is 0.138. The molecule has 1 aromatic rings. The van der Waals surface area contributed by atoms with Gasteiger partial charge in [0.1, 0.15) is 0 Å². The van der Waals surface area contributed by atoms with E-state index in [0.29, 0.717) is 6.42 Å². The number of benzene rings is 1. The molecule has 0 heterocycles. The molecule has 0 spiro atoms. The molecule has 0 aliphatic heterocycles. The van der Waals surface area contributed by atoms with E-state index < -0.39 is 0 Å². The Morgan fingerprint density at radius 3 is 2.61 bits per heavy atom. The molecule has 2 rings (SSSR count). The molecule has 1 amide bonds. The molecule has 0 fully saturated rings. The van der Waals surface area contributed by atoms with E-state index in [1.807, 2.05) is 6.92 Å². The van der Waals surface area contributed by atoms with Crippen LogP contribution in [0.15, 0.2) is 18.2 Å². The van der Waals surface area contributed by atoms with Crippen molar-refractivity contribution in [2.75, 3.05) is 0 Å². The largest absolute Gasteiger partial charge is 0.349 e. The summed E-state index contributed by atoms with van der Waals surface area (Å²) in [4.78, 5) is 11.5. The minimum absolute atomic E-state index is 0.138. The first-order valence-electron chi connectivity index (χ1n) is 7.15. The summed E-state index contributed by atoms with van der Waals surface area (Å²) in [6.07, 6.45) is 6.53. The second kappa shape index (κ2) is 6.03. The Morgan fingerprint density at radius 2 is 1.94 bits per heavy atom. The number of rotatable bonds is 4. The van der Waals surface area contributed by atoms with Gasteiger partial charge in [0, 0.05) is 6.42 Å². The summed E-state index contributed by atoms with van der Waals surface area (Å²) in [5, 5.41) is 3.10. The number of carbonyl (C=O) groups excluding carboxylic acids is 1. The fourth-order valence-corrected chi connectivity index (χ4v) is 2.69. The molecule has 98 valence electrons. The lowest BCUT2D eigenvalue weighted by Crippen LogP contribution is -2.27. The number of hydrogen-bond acceptors (Lipinski definition) is 1. The monoisotopic (exact) mass is 245 g/mol. The van der Waals surface area contributed by atoms with Crippen molar-refractivity contribution in [3.8, 4) is 0 Å². The summed E-state index contributed by atoms with van der Waals surface area (Å²) in [6.45, 7) is 4.02. The van der Waals surface area contributed by atoms with Crippen molar-refractivity contribution in [1.29, 1.82) is 0 Å². The Morgan fingerprint density at radius 1 is 1.22 bits per heavy atom. The second-order valence-electron chi connectivity index (χ2n) is 5.12. The minimum atomic E-state index is 0.138. The molecule has 0 saturated carbocycles. The van der Waals surface area contributed by atoms with E-state index >= 15 is 0 Å². The molecule has 1 aliphatic rings. The average molecular weight is 245 g/mol. The van der Waals surface area contributed by atoms with Crippen molar-refractivity contribution < 1.29 is 4.79 Å². The summed E-state index contributed by atoms with van der Waals surface area (Å²) >= 11 is 0. The highest BCUT2D eigenvalue weighted by molar-refractivity contribution is 5.76. The Labute approximate surface area is 110 Å². The molecular weight excluding hydrogens is 222 g/mol. The van der Waals surface area contributed by atoms with Crippen molar-refractivity contribution in [1.82, 2.24) is 5.32 Å². The number of carbonyl (C=O) groups is 1. The summed E-state index contributed by atoms with van der Waals surface area (Å²) < 4.78 is 0. The first-order chi connectivity index (χ1) is 8.74. The predicted octanol–water partition coefficient (Wildman–Crippen LogP) is 3.54. The first-order valence-corrected chi connectivity index (χ1v) is 7.15. The Hall–Kier alpha value is -1.31. The van der Waals surface area contributed by atoms with Gasteiger partial charge in [-0.25, -0.2) is 0 Å². The molecule has 0 radical (unpaired) electrons. The van der Waals surface area contributed by atoms with E-state index in [-0.39, 0.29) is 11.9 Å². The highest BCUT2D eigenvalue weighted by Gasteiger charge is 2.15. The molecule has 1 N–H and O–H groups in total. The third kappa shape index (κ3) is 2.92. The maximum Gasteiger partial charge on any atom is 0.220 e. The fourth-order valence-electron chi connectivity index (χ4n) is 2.69. The molecule has 0 aromatic heterocycles. The van der Waals surface area contributed by atoms with Crippen LogP contribution in [0.4, 0.5) is 0 Å². The normalized spacial score (nSPS) is 15.9. The molecule has 0 saturated heterocycles. The second-order valence-corrected chi connectivity index (χ2v) is 5.12. The SMILES string of the molecule is CCC(=O)NC(CC)c1ccc2c(c1)CCCC2. The zero-order valence-electron chi connectivity index (χ0n) is 11.5. The van der Waals surface area contributed by atoms with Crippen molar-refractivity contribution in [2.24, 2.45) is 0 Å². The van der Waals surface area contributed by atoms with Gasteiger partial charge in [-0.3, -0.25) is 4.79 Å².